The van der Waals surface area contributed by atoms with E-state index in [1.807, 2.05) is 18.5 Å². The van der Waals surface area contributed by atoms with Gasteiger partial charge in [0.1, 0.15) is 0 Å². The maximum Gasteiger partial charge on any atom is 0.0315 e. The molecule has 0 aliphatic carbocycles. The molecule has 0 fully saturated rings. The Labute approximate surface area is 109 Å². The van der Waals surface area contributed by atoms with Crippen molar-refractivity contribution in [3.8, 4) is 0 Å². The minimum atomic E-state index is 0.317. The summed E-state index contributed by atoms with van der Waals surface area (Å²) < 4.78 is 0. The van der Waals surface area contributed by atoms with Crippen LogP contribution in [0.4, 0.5) is 0 Å². The maximum atomic E-state index is 4.16. The summed E-state index contributed by atoms with van der Waals surface area (Å²) in [6.45, 7) is 7.40. The number of benzene rings is 1. The Morgan fingerprint density at radius 2 is 1.83 bits per heavy atom. The molecule has 1 unspecified atom stereocenters. The molecule has 2 heteroatoms. The van der Waals surface area contributed by atoms with Crippen LogP contribution in [0.5, 0.6) is 0 Å². The van der Waals surface area contributed by atoms with Crippen molar-refractivity contribution in [2.24, 2.45) is 0 Å². The van der Waals surface area contributed by atoms with Crippen molar-refractivity contribution in [1.82, 2.24) is 10.3 Å². The first kappa shape index (κ1) is 12.8. The van der Waals surface area contributed by atoms with Gasteiger partial charge in [-0.15, -0.1) is 0 Å². The number of hydrogen-bond acceptors (Lipinski definition) is 2. The number of nitrogens with one attached hydrogen (secondary N) is 1. The molecule has 0 saturated heterocycles. The highest BCUT2D eigenvalue weighted by Gasteiger charge is 2.07. The van der Waals surface area contributed by atoms with Gasteiger partial charge in [-0.2, -0.15) is 0 Å². The van der Waals surface area contributed by atoms with Gasteiger partial charge in [0.2, 0.25) is 0 Å². The van der Waals surface area contributed by atoms with Gasteiger partial charge in [0.25, 0.3) is 0 Å². The molecule has 1 heterocycles. The molecule has 2 aromatic rings. The fraction of sp³-hybridized carbons (Fsp3) is 0.312. The molecule has 0 spiro atoms. The average molecular weight is 240 g/mol. The lowest BCUT2D eigenvalue weighted by molar-refractivity contribution is 0.570. The Kier molecular flexibility index (Phi) is 4.11. The quantitative estimate of drug-likeness (QED) is 0.884. The Morgan fingerprint density at radius 1 is 1.11 bits per heavy atom. The van der Waals surface area contributed by atoms with Crippen molar-refractivity contribution in [3.63, 3.8) is 0 Å². The summed E-state index contributed by atoms with van der Waals surface area (Å²) in [7, 11) is 0. The fourth-order valence-corrected chi connectivity index (χ4v) is 2.13. The van der Waals surface area contributed by atoms with Crippen molar-refractivity contribution in [1.29, 1.82) is 0 Å². The van der Waals surface area contributed by atoms with E-state index in [1.54, 1.807) is 0 Å². The lowest BCUT2D eigenvalue weighted by atomic mass is 10.0. The molecule has 2 rings (SSSR count). The second kappa shape index (κ2) is 5.78. The summed E-state index contributed by atoms with van der Waals surface area (Å²) in [6, 6.07) is 10.8. The van der Waals surface area contributed by atoms with Gasteiger partial charge in [0.05, 0.1) is 0 Å². The molecule has 1 aromatic carbocycles. The van der Waals surface area contributed by atoms with E-state index in [1.165, 1.54) is 22.3 Å². The molecule has 18 heavy (non-hydrogen) atoms. The van der Waals surface area contributed by atoms with Gasteiger partial charge >= 0.3 is 0 Å². The normalized spacial score (nSPS) is 12.4. The molecule has 1 aromatic heterocycles. The van der Waals surface area contributed by atoms with E-state index in [0.29, 0.717) is 6.04 Å². The van der Waals surface area contributed by atoms with E-state index in [-0.39, 0.29) is 0 Å². The Balaban J connectivity index is 2.04. The Hall–Kier alpha value is -1.67. The highest BCUT2D eigenvalue weighted by atomic mass is 14.9. The molecule has 0 radical (unpaired) electrons. The van der Waals surface area contributed by atoms with Crippen LogP contribution in [0.3, 0.4) is 0 Å². The van der Waals surface area contributed by atoms with Gasteiger partial charge in [-0.05, 0) is 49.1 Å². The number of hydrogen-bond donors (Lipinski definition) is 1. The smallest absolute Gasteiger partial charge is 0.0315 e. The van der Waals surface area contributed by atoms with Crippen LogP contribution in [0.25, 0.3) is 0 Å². The van der Waals surface area contributed by atoms with E-state index < -0.39 is 0 Å². The van der Waals surface area contributed by atoms with Crippen LogP contribution in [-0.2, 0) is 6.54 Å². The number of pyridine rings is 1. The van der Waals surface area contributed by atoms with Gasteiger partial charge in [-0.1, -0.05) is 24.3 Å². The lowest BCUT2D eigenvalue weighted by Gasteiger charge is -2.16. The zero-order valence-electron chi connectivity index (χ0n) is 11.3. The van der Waals surface area contributed by atoms with Gasteiger partial charge in [0.15, 0.2) is 0 Å². The van der Waals surface area contributed by atoms with Crippen LogP contribution in [0.15, 0.2) is 42.7 Å². The average Bonchev–Trinajstić information content (AvgIpc) is 2.39. The Bertz CT molecular complexity index is 486. The summed E-state index contributed by atoms with van der Waals surface area (Å²) in [4.78, 5) is 4.16. The largest absolute Gasteiger partial charge is 0.306 e. The molecule has 0 bridgehead atoms. The molecular weight excluding hydrogens is 220 g/mol. The molecular formula is C16H20N2. The lowest BCUT2D eigenvalue weighted by Crippen LogP contribution is -2.19. The van der Waals surface area contributed by atoms with Crippen LogP contribution >= 0.6 is 0 Å². The first-order chi connectivity index (χ1) is 8.68. The molecule has 0 aliphatic heterocycles. The van der Waals surface area contributed by atoms with Crippen molar-refractivity contribution < 1.29 is 0 Å². The van der Waals surface area contributed by atoms with Gasteiger partial charge < -0.3 is 5.32 Å². The van der Waals surface area contributed by atoms with Gasteiger partial charge in [0, 0.05) is 25.0 Å². The fourth-order valence-electron chi connectivity index (χ4n) is 2.13. The van der Waals surface area contributed by atoms with E-state index in [0.717, 1.165) is 6.54 Å². The standard InChI is InChI=1S/C16H20N2/c1-12-6-4-7-13(2)16(12)11-18-14(3)15-8-5-9-17-10-15/h4-10,14,18H,11H2,1-3H3. The van der Waals surface area contributed by atoms with E-state index in [4.69, 9.17) is 0 Å². The monoisotopic (exact) mass is 240 g/mol. The summed E-state index contributed by atoms with van der Waals surface area (Å²) in [6.07, 6.45) is 3.73. The van der Waals surface area contributed by atoms with Crippen LogP contribution in [0.2, 0.25) is 0 Å². The van der Waals surface area contributed by atoms with Crippen LogP contribution in [0.1, 0.15) is 35.2 Å². The first-order valence-corrected chi connectivity index (χ1v) is 6.37. The summed E-state index contributed by atoms with van der Waals surface area (Å²) in [5.41, 5.74) is 5.32. The molecule has 94 valence electrons. The minimum Gasteiger partial charge on any atom is -0.306 e. The van der Waals surface area contributed by atoms with Crippen LogP contribution in [0, 0.1) is 13.8 Å². The van der Waals surface area contributed by atoms with Crippen LogP contribution in [-0.4, -0.2) is 4.98 Å². The molecule has 1 atom stereocenters. The van der Waals surface area contributed by atoms with Gasteiger partial charge in [-0.3, -0.25) is 4.98 Å². The van der Waals surface area contributed by atoms with Crippen LogP contribution < -0.4 is 5.32 Å². The summed E-state index contributed by atoms with van der Waals surface area (Å²) >= 11 is 0. The number of aromatic nitrogens is 1. The van der Waals surface area contributed by atoms with Crippen molar-refractivity contribution in [2.75, 3.05) is 0 Å². The molecule has 2 nitrogen and oxygen atoms in total. The zero-order chi connectivity index (χ0) is 13.0. The summed E-state index contributed by atoms with van der Waals surface area (Å²) in [5.74, 6) is 0. The van der Waals surface area contributed by atoms with Gasteiger partial charge in [-0.25, -0.2) is 0 Å². The third-order valence-electron chi connectivity index (χ3n) is 3.41. The highest BCUT2D eigenvalue weighted by molar-refractivity contribution is 5.33. The zero-order valence-corrected chi connectivity index (χ0v) is 11.3. The third-order valence-corrected chi connectivity index (χ3v) is 3.41. The topological polar surface area (TPSA) is 24.9 Å². The maximum absolute atomic E-state index is 4.16. The van der Waals surface area contributed by atoms with E-state index in [2.05, 4.69) is 55.3 Å². The SMILES string of the molecule is Cc1cccc(C)c1CNC(C)c1cccnc1. The third kappa shape index (κ3) is 2.96. The molecule has 1 N–H and O–H groups in total. The molecule has 0 aliphatic rings. The number of aryl methyl sites for hydroxylation is 2. The number of rotatable bonds is 4. The second-order valence-corrected chi connectivity index (χ2v) is 4.76. The predicted molar refractivity (Wildman–Crippen MR) is 75.4 cm³/mol. The first-order valence-electron chi connectivity index (χ1n) is 6.37. The Morgan fingerprint density at radius 3 is 2.44 bits per heavy atom. The minimum absolute atomic E-state index is 0.317. The second-order valence-electron chi connectivity index (χ2n) is 4.76. The summed E-state index contributed by atoms with van der Waals surface area (Å²) in [5, 5.41) is 3.56. The van der Waals surface area contributed by atoms with E-state index >= 15 is 0 Å². The molecule has 0 amide bonds. The molecule has 0 saturated carbocycles. The van der Waals surface area contributed by atoms with Crippen molar-refractivity contribution in [3.05, 3.63) is 65.0 Å². The highest BCUT2D eigenvalue weighted by Crippen LogP contribution is 2.16. The van der Waals surface area contributed by atoms with Crippen molar-refractivity contribution >= 4 is 0 Å². The number of nitrogens with zero attached hydrogens (tertiary/aromatic N) is 1. The van der Waals surface area contributed by atoms with Crippen molar-refractivity contribution in [2.45, 2.75) is 33.4 Å². The predicted octanol–water partition coefficient (Wildman–Crippen LogP) is 3.55. The van der Waals surface area contributed by atoms with E-state index in [9.17, 15) is 0 Å².